The summed E-state index contributed by atoms with van der Waals surface area (Å²) in [5, 5.41) is 12.7. The van der Waals surface area contributed by atoms with Crippen molar-refractivity contribution >= 4 is 28.9 Å². The van der Waals surface area contributed by atoms with E-state index in [1.807, 2.05) is 44.2 Å². The quantitative estimate of drug-likeness (QED) is 0.659. The molecule has 1 amide bonds. The molecule has 0 spiro atoms. The molecule has 2 N–H and O–H groups in total. The van der Waals surface area contributed by atoms with Crippen LogP contribution in [0.2, 0.25) is 0 Å². The molecule has 1 unspecified atom stereocenters. The third kappa shape index (κ3) is 3.04. The minimum Gasteiger partial charge on any atom is -0.477 e. The van der Waals surface area contributed by atoms with Crippen LogP contribution in [0.1, 0.15) is 43.6 Å². The third-order valence-corrected chi connectivity index (χ3v) is 6.26. The molecule has 0 bridgehead atoms. The molecule has 5 heteroatoms. The Morgan fingerprint density at radius 2 is 1.89 bits per heavy atom. The van der Waals surface area contributed by atoms with E-state index in [1.54, 1.807) is 0 Å². The van der Waals surface area contributed by atoms with Gasteiger partial charge in [0, 0.05) is 22.8 Å². The first-order valence-corrected chi connectivity index (χ1v) is 9.59. The first-order valence-electron chi connectivity index (χ1n) is 8.78. The lowest BCUT2D eigenvalue weighted by atomic mass is 9.86. The predicted octanol–water partition coefficient (Wildman–Crippen LogP) is 5.20. The van der Waals surface area contributed by atoms with E-state index in [1.165, 1.54) is 11.3 Å². The lowest BCUT2D eigenvalue weighted by molar-refractivity contribution is -0.116. The van der Waals surface area contributed by atoms with E-state index in [0.717, 1.165) is 27.1 Å². The third-order valence-electron chi connectivity index (χ3n) is 4.97. The zero-order valence-electron chi connectivity index (χ0n) is 15.1. The number of carbonyl (C=O) groups excluding carboxylic acids is 1. The number of hydrogen-bond acceptors (Lipinski definition) is 3. The highest BCUT2D eigenvalue weighted by molar-refractivity contribution is 7.15. The monoisotopic (exact) mass is 377 g/mol. The van der Waals surface area contributed by atoms with Gasteiger partial charge in [0.15, 0.2) is 0 Å². The zero-order valence-corrected chi connectivity index (χ0v) is 15.9. The van der Waals surface area contributed by atoms with Crippen molar-refractivity contribution in [3.05, 3.63) is 75.0 Å². The molecule has 0 saturated carbocycles. The van der Waals surface area contributed by atoms with Crippen LogP contribution in [0.5, 0.6) is 0 Å². The van der Waals surface area contributed by atoms with Crippen molar-refractivity contribution in [3.8, 4) is 11.1 Å². The molecular formula is C22H19NO3S. The molecule has 1 aromatic heterocycles. The number of nitrogens with one attached hydrogen (secondary N) is 1. The number of carboxylic acids is 1. The number of rotatable bonds is 3. The summed E-state index contributed by atoms with van der Waals surface area (Å²) in [6, 6.07) is 15.6. The van der Waals surface area contributed by atoms with Gasteiger partial charge in [-0.05, 0) is 30.5 Å². The number of fused-ring (bicyclic) bond motifs is 1. The molecule has 4 rings (SSSR count). The van der Waals surface area contributed by atoms with Gasteiger partial charge in [-0.3, -0.25) is 4.79 Å². The average Bonchev–Trinajstić information content (AvgIpc) is 3.03. The van der Waals surface area contributed by atoms with E-state index < -0.39 is 5.97 Å². The van der Waals surface area contributed by atoms with Crippen LogP contribution in [0.15, 0.2) is 48.5 Å². The first-order chi connectivity index (χ1) is 13.0. The van der Waals surface area contributed by atoms with Gasteiger partial charge in [0.05, 0.1) is 5.69 Å². The maximum Gasteiger partial charge on any atom is 0.346 e. The van der Waals surface area contributed by atoms with Gasteiger partial charge in [-0.15, -0.1) is 11.3 Å². The highest BCUT2D eigenvalue weighted by atomic mass is 32.1. The van der Waals surface area contributed by atoms with Crippen LogP contribution in [0.4, 0.5) is 5.69 Å². The van der Waals surface area contributed by atoms with Crippen LogP contribution in [-0.2, 0) is 4.79 Å². The number of carbonyl (C=O) groups is 2. The molecule has 1 atom stereocenters. The molecule has 27 heavy (non-hydrogen) atoms. The predicted molar refractivity (Wildman–Crippen MR) is 108 cm³/mol. The zero-order chi connectivity index (χ0) is 19.1. The Bertz CT molecular complexity index is 1050. The summed E-state index contributed by atoms with van der Waals surface area (Å²) in [7, 11) is 0. The van der Waals surface area contributed by atoms with E-state index >= 15 is 0 Å². The lowest BCUT2D eigenvalue weighted by Gasteiger charge is -2.25. The van der Waals surface area contributed by atoms with Gasteiger partial charge in [0.1, 0.15) is 4.88 Å². The largest absolute Gasteiger partial charge is 0.477 e. The molecule has 0 fully saturated rings. The molecular weight excluding hydrogens is 358 g/mol. The van der Waals surface area contributed by atoms with Gasteiger partial charge in [0.2, 0.25) is 5.91 Å². The minimum atomic E-state index is -0.970. The maximum absolute atomic E-state index is 12.5. The van der Waals surface area contributed by atoms with Crippen LogP contribution in [0, 0.1) is 13.8 Å². The average molecular weight is 377 g/mol. The van der Waals surface area contributed by atoms with Gasteiger partial charge >= 0.3 is 5.97 Å². The number of hydrogen-bond donors (Lipinski definition) is 2. The summed E-state index contributed by atoms with van der Waals surface area (Å²) in [6.07, 6.45) is 0.324. The Morgan fingerprint density at radius 1 is 1.15 bits per heavy atom. The summed E-state index contributed by atoms with van der Waals surface area (Å²) < 4.78 is 0. The SMILES string of the molecule is Cc1ccc(C)c(C2CC(=O)Nc3c2sc(C(=O)O)c3-c2ccccc2)c1. The Labute approximate surface area is 161 Å². The fourth-order valence-corrected chi connectivity index (χ4v) is 4.94. The smallest absolute Gasteiger partial charge is 0.346 e. The van der Waals surface area contributed by atoms with Crippen molar-refractivity contribution in [1.82, 2.24) is 0 Å². The molecule has 2 heterocycles. The molecule has 2 aromatic carbocycles. The molecule has 0 aliphatic carbocycles. The Kier molecular flexibility index (Phi) is 4.32. The fraction of sp³-hybridized carbons (Fsp3) is 0.182. The first kappa shape index (κ1) is 17.5. The normalized spacial score (nSPS) is 15.9. The standard InChI is InChI=1S/C22H19NO3S/c1-12-8-9-13(2)15(10-12)16-11-17(24)23-19-18(14-6-4-3-5-7-14)21(22(25)26)27-20(16)19/h3-10,16H,11H2,1-2H3,(H,23,24)(H,25,26). The van der Waals surface area contributed by atoms with Crippen molar-refractivity contribution in [2.45, 2.75) is 26.2 Å². The highest BCUT2D eigenvalue weighted by Crippen LogP contribution is 2.49. The number of carboxylic acid groups (broad SMARTS) is 1. The summed E-state index contributed by atoms with van der Waals surface area (Å²) in [5.41, 5.74) is 5.37. The number of aromatic carboxylic acids is 1. The van der Waals surface area contributed by atoms with Crippen LogP contribution in [0.3, 0.4) is 0 Å². The van der Waals surface area contributed by atoms with Crippen LogP contribution in [0.25, 0.3) is 11.1 Å². The van der Waals surface area contributed by atoms with Gasteiger partial charge in [-0.2, -0.15) is 0 Å². The van der Waals surface area contributed by atoms with Crippen molar-refractivity contribution < 1.29 is 14.7 Å². The Balaban J connectivity index is 1.97. The number of anilines is 1. The Morgan fingerprint density at radius 3 is 2.59 bits per heavy atom. The van der Waals surface area contributed by atoms with Crippen molar-refractivity contribution in [3.63, 3.8) is 0 Å². The molecule has 0 radical (unpaired) electrons. The fourth-order valence-electron chi connectivity index (χ4n) is 3.70. The van der Waals surface area contributed by atoms with Gasteiger partial charge in [-0.1, -0.05) is 54.1 Å². The van der Waals surface area contributed by atoms with Gasteiger partial charge in [0.25, 0.3) is 0 Å². The topological polar surface area (TPSA) is 66.4 Å². The van der Waals surface area contributed by atoms with Crippen LogP contribution >= 0.6 is 11.3 Å². The van der Waals surface area contributed by atoms with E-state index in [4.69, 9.17) is 0 Å². The van der Waals surface area contributed by atoms with E-state index in [0.29, 0.717) is 17.7 Å². The number of amides is 1. The molecule has 136 valence electrons. The second-order valence-electron chi connectivity index (χ2n) is 6.88. The number of benzene rings is 2. The van der Waals surface area contributed by atoms with Gasteiger partial charge in [-0.25, -0.2) is 4.79 Å². The van der Waals surface area contributed by atoms with Crippen molar-refractivity contribution in [2.24, 2.45) is 0 Å². The van der Waals surface area contributed by atoms with E-state index in [2.05, 4.69) is 23.5 Å². The van der Waals surface area contributed by atoms with Crippen molar-refractivity contribution in [2.75, 3.05) is 5.32 Å². The highest BCUT2D eigenvalue weighted by Gasteiger charge is 2.34. The molecule has 3 aromatic rings. The number of aryl methyl sites for hydroxylation is 2. The van der Waals surface area contributed by atoms with E-state index in [-0.39, 0.29) is 16.7 Å². The van der Waals surface area contributed by atoms with Gasteiger partial charge < -0.3 is 10.4 Å². The number of thiophene rings is 1. The minimum absolute atomic E-state index is 0.0830. The lowest BCUT2D eigenvalue weighted by Crippen LogP contribution is -2.23. The summed E-state index contributed by atoms with van der Waals surface area (Å²) in [5.74, 6) is -1.18. The molecule has 1 aliphatic rings. The summed E-state index contributed by atoms with van der Waals surface area (Å²) >= 11 is 1.27. The molecule has 4 nitrogen and oxygen atoms in total. The Hall–Kier alpha value is -2.92. The van der Waals surface area contributed by atoms with Crippen LogP contribution < -0.4 is 5.32 Å². The maximum atomic E-state index is 12.5. The molecule has 0 saturated heterocycles. The second-order valence-corrected chi connectivity index (χ2v) is 7.93. The molecule has 1 aliphatic heterocycles. The van der Waals surface area contributed by atoms with Crippen molar-refractivity contribution in [1.29, 1.82) is 0 Å². The second kappa shape index (κ2) is 6.67. The van der Waals surface area contributed by atoms with Crippen LogP contribution in [-0.4, -0.2) is 17.0 Å². The summed E-state index contributed by atoms with van der Waals surface area (Å²) in [6.45, 7) is 4.06. The summed E-state index contributed by atoms with van der Waals surface area (Å²) in [4.78, 5) is 25.7. The van der Waals surface area contributed by atoms with E-state index in [9.17, 15) is 14.7 Å².